The minimum atomic E-state index is -3.21. The van der Waals surface area contributed by atoms with Crippen molar-refractivity contribution < 1.29 is 8.42 Å². The number of piperidine rings is 1. The van der Waals surface area contributed by atoms with Crippen molar-refractivity contribution in [1.82, 2.24) is 13.5 Å². The van der Waals surface area contributed by atoms with Gasteiger partial charge in [0.25, 0.3) is 10.2 Å². The Labute approximate surface area is 122 Å². The number of likely N-dealkylation sites (tertiary alicyclic amines) is 1. The summed E-state index contributed by atoms with van der Waals surface area (Å²) in [7, 11) is -3.21. The maximum atomic E-state index is 12.5. The quantitative estimate of drug-likeness (QED) is 0.785. The van der Waals surface area contributed by atoms with Crippen molar-refractivity contribution in [2.75, 3.05) is 39.3 Å². The highest BCUT2D eigenvalue weighted by atomic mass is 32.2. The monoisotopic (exact) mass is 302 g/mol. The van der Waals surface area contributed by atoms with Crippen molar-refractivity contribution in [3.05, 3.63) is 0 Å². The lowest BCUT2D eigenvalue weighted by Gasteiger charge is -2.34. The summed E-state index contributed by atoms with van der Waals surface area (Å²) in [6.07, 6.45) is 5.04. The first-order valence-electron chi connectivity index (χ1n) is 7.82. The van der Waals surface area contributed by atoms with E-state index < -0.39 is 10.2 Å². The molecule has 1 atom stereocenters. The molecule has 116 valence electrons. The summed E-state index contributed by atoms with van der Waals surface area (Å²) >= 11 is 0. The summed E-state index contributed by atoms with van der Waals surface area (Å²) < 4.78 is 28.4. The average Bonchev–Trinajstić information content (AvgIpc) is 3.12. The minimum Gasteiger partial charge on any atom is -0.328 e. The van der Waals surface area contributed by atoms with Gasteiger partial charge in [-0.25, -0.2) is 0 Å². The summed E-state index contributed by atoms with van der Waals surface area (Å²) in [5.41, 5.74) is 5.94. The van der Waals surface area contributed by atoms with E-state index in [-0.39, 0.29) is 0 Å². The lowest BCUT2D eigenvalue weighted by Crippen LogP contribution is -2.47. The predicted octanol–water partition coefficient (Wildman–Crippen LogP) is -0.176. The molecule has 0 saturated carbocycles. The first kappa shape index (κ1) is 14.7. The molecule has 3 heterocycles. The third-order valence-corrected chi connectivity index (χ3v) is 6.94. The fraction of sp³-hybridized carbons (Fsp3) is 1.00. The molecule has 0 radical (unpaired) electrons. The van der Waals surface area contributed by atoms with Gasteiger partial charge in [0.1, 0.15) is 0 Å². The number of hydrogen-bond acceptors (Lipinski definition) is 4. The van der Waals surface area contributed by atoms with Crippen LogP contribution in [0.4, 0.5) is 0 Å². The molecule has 0 aromatic carbocycles. The molecule has 1 unspecified atom stereocenters. The Hall–Kier alpha value is -0.210. The average molecular weight is 302 g/mol. The standard InChI is InChI=1S/C13H26N4O2S/c14-12-3-8-15(9-4-12)13-5-10-17(11-13)20(18,19)16-6-1-2-7-16/h12-13H,1-11,14H2. The van der Waals surface area contributed by atoms with Crippen LogP contribution in [0.2, 0.25) is 0 Å². The second-order valence-corrected chi connectivity index (χ2v) is 8.22. The molecule has 7 heteroatoms. The van der Waals surface area contributed by atoms with Crippen LogP contribution in [0.15, 0.2) is 0 Å². The molecule has 0 spiro atoms. The number of nitrogens with two attached hydrogens (primary N) is 1. The molecule has 0 amide bonds. The first-order chi connectivity index (χ1) is 9.57. The van der Waals surface area contributed by atoms with Gasteiger partial charge in [0.15, 0.2) is 0 Å². The maximum absolute atomic E-state index is 12.5. The fourth-order valence-corrected chi connectivity index (χ4v) is 5.33. The zero-order valence-electron chi connectivity index (χ0n) is 12.1. The molecule has 0 aromatic heterocycles. The van der Waals surface area contributed by atoms with E-state index in [9.17, 15) is 8.42 Å². The molecule has 0 bridgehead atoms. The van der Waals surface area contributed by atoms with Crippen molar-refractivity contribution >= 4 is 10.2 Å². The Morgan fingerprint density at radius 1 is 0.850 bits per heavy atom. The Bertz CT molecular complexity index is 428. The van der Waals surface area contributed by atoms with Crippen LogP contribution < -0.4 is 5.73 Å². The van der Waals surface area contributed by atoms with Crippen molar-refractivity contribution in [1.29, 1.82) is 0 Å². The zero-order valence-corrected chi connectivity index (χ0v) is 12.9. The van der Waals surface area contributed by atoms with Crippen molar-refractivity contribution in [3.63, 3.8) is 0 Å². The summed E-state index contributed by atoms with van der Waals surface area (Å²) in [4.78, 5) is 2.43. The van der Waals surface area contributed by atoms with Gasteiger partial charge in [0.05, 0.1) is 0 Å². The van der Waals surface area contributed by atoms with Gasteiger partial charge in [-0.05, 0) is 45.2 Å². The third-order valence-electron chi connectivity index (χ3n) is 4.93. The molecule has 3 rings (SSSR count). The molecule has 6 nitrogen and oxygen atoms in total. The molecule has 20 heavy (non-hydrogen) atoms. The van der Waals surface area contributed by atoms with Crippen LogP contribution in [0, 0.1) is 0 Å². The maximum Gasteiger partial charge on any atom is 0.282 e. The van der Waals surface area contributed by atoms with Crippen LogP contribution in [-0.2, 0) is 10.2 Å². The molecule has 2 N–H and O–H groups in total. The van der Waals surface area contributed by atoms with Gasteiger partial charge in [-0.1, -0.05) is 0 Å². The van der Waals surface area contributed by atoms with Gasteiger partial charge < -0.3 is 5.73 Å². The summed E-state index contributed by atoms with van der Waals surface area (Å²) in [6.45, 7) is 4.76. The normalized spacial score (nSPS) is 32.1. The van der Waals surface area contributed by atoms with Crippen LogP contribution in [0.25, 0.3) is 0 Å². The van der Waals surface area contributed by atoms with E-state index in [1.54, 1.807) is 8.61 Å². The van der Waals surface area contributed by atoms with Gasteiger partial charge in [-0.2, -0.15) is 17.0 Å². The lowest BCUT2D eigenvalue weighted by atomic mass is 10.0. The van der Waals surface area contributed by atoms with E-state index in [4.69, 9.17) is 5.73 Å². The van der Waals surface area contributed by atoms with E-state index in [1.165, 1.54) is 0 Å². The second kappa shape index (κ2) is 5.88. The molecule has 3 saturated heterocycles. The van der Waals surface area contributed by atoms with Crippen LogP contribution in [0.5, 0.6) is 0 Å². The van der Waals surface area contributed by atoms with Gasteiger partial charge >= 0.3 is 0 Å². The number of hydrogen-bond donors (Lipinski definition) is 1. The fourth-order valence-electron chi connectivity index (χ4n) is 3.58. The Morgan fingerprint density at radius 2 is 1.50 bits per heavy atom. The lowest BCUT2D eigenvalue weighted by molar-refractivity contribution is 0.158. The van der Waals surface area contributed by atoms with E-state index in [0.717, 1.165) is 45.2 Å². The topological polar surface area (TPSA) is 69.9 Å². The van der Waals surface area contributed by atoms with Crippen molar-refractivity contribution in [2.45, 2.75) is 44.2 Å². The SMILES string of the molecule is NC1CCN(C2CCN(S(=O)(=O)N3CCCC3)C2)CC1. The summed E-state index contributed by atoms with van der Waals surface area (Å²) in [6, 6.07) is 0.719. The first-order valence-corrected chi connectivity index (χ1v) is 9.22. The third kappa shape index (κ3) is 2.87. The van der Waals surface area contributed by atoms with E-state index in [2.05, 4.69) is 4.90 Å². The van der Waals surface area contributed by atoms with Gasteiger partial charge in [-0.3, -0.25) is 4.90 Å². The van der Waals surface area contributed by atoms with Gasteiger partial charge in [0, 0.05) is 38.3 Å². The molecule has 3 aliphatic heterocycles. The highest BCUT2D eigenvalue weighted by molar-refractivity contribution is 7.86. The molecular weight excluding hydrogens is 276 g/mol. The highest BCUT2D eigenvalue weighted by Gasteiger charge is 2.38. The van der Waals surface area contributed by atoms with Crippen molar-refractivity contribution in [2.24, 2.45) is 5.73 Å². The van der Waals surface area contributed by atoms with Gasteiger partial charge in [0.2, 0.25) is 0 Å². The highest BCUT2D eigenvalue weighted by Crippen LogP contribution is 2.25. The van der Waals surface area contributed by atoms with Crippen LogP contribution >= 0.6 is 0 Å². The molecule has 3 fully saturated rings. The Balaban J connectivity index is 1.59. The van der Waals surface area contributed by atoms with Crippen LogP contribution in [0.1, 0.15) is 32.1 Å². The Morgan fingerprint density at radius 3 is 2.15 bits per heavy atom. The minimum absolute atomic E-state index is 0.331. The van der Waals surface area contributed by atoms with E-state index >= 15 is 0 Å². The molecular formula is C13H26N4O2S. The number of nitrogens with zero attached hydrogens (tertiary/aromatic N) is 3. The Kier molecular flexibility index (Phi) is 4.33. The van der Waals surface area contributed by atoms with Crippen molar-refractivity contribution in [3.8, 4) is 0 Å². The predicted molar refractivity (Wildman–Crippen MR) is 78.5 cm³/mol. The van der Waals surface area contributed by atoms with E-state index in [0.29, 0.717) is 38.3 Å². The second-order valence-electron chi connectivity index (χ2n) is 6.29. The number of rotatable bonds is 3. The van der Waals surface area contributed by atoms with Gasteiger partial charge in [-0.15, -0.1) is 0 Å². The molecule has 0 aliphatic carbocycles. The smallest absolute Gasteiger partial charge is 0.282 e. The summed E-state index contributed by atoms with van der Waals surface area (Å²) in [5, 5.41) is 0. The van der Waals surface area contributed by atoms with E-state index in [1.807, 2.05) is 0 Å². The van der Waals surface area contributed by atoms with Crippen LogP contribution in [0.3, 0.4) is 0 Å². The van der Waals surface area contributed by atoms with Crippen LogP contribution in [-0.4, -0.2) is 73.3 Å². The largest absolute Gasteiger partial charge is 0.328 e. The molecule has 0 aromatic rings. The zero-order chi connectivity index (χ0) is 14.2. The molecule has 3 aliphatic rings. The summed E-state index contributed by atoms with van der Waals surface area (Å²) in [5.74, 6) is 0.